The number of hydrogen-bond acceptors (Lipinski definition) is 6. The van der Waals surface area contributed by atoms with Crippen LogP contribution in [0.4, 0.5) is 4.79 Å². The Morgan fingerprint density at radius 2 is 1.80 bits per heavy atom. The molecule has 0 unspecified atom stereocenters. The van der Waals surface area contributed by atoms with Crippen molar-refractivity contribution in [3.8, 4) is 0 Å². The van der Waals surface area contributed by atoms with Crippen molar-refractivity contribution in [2.75, 3.05) is 6.54 Å². The second-order valence-corrected chi connectivity index (χ2v) is 18.8. The van der Waals surface area contributed by atoms with Crippen LogP contribution in [0.25, 0.3) is 0 Å². The maximum Gasteiger partial charge on any atom is 0.408 e. The SMILES string of the molecule is CC(C)(C)OC(=O)N[C@H]1CCCCCC=C[C@@H]2C[C@@]2(C(=O)O)NC(=O)[C@@H]2C[C@@H](O[Si](C)(C)C(C)(C)C)CN2C1=O. The number of ether oxygens (including phenoxy) is 1. The van der Waals surface area contributed by atoms with E-state index in [0.717, 1.165) is 19.3 Å². The van der Waals surface area contributed by atoms with Crippen molar-refractivity contribution in [2.24, 2.45) is 5.92 Å². The van der Waals surface area contributed by atoms with Gasteiger partial charge in [0.25, 0.3) is 0 Å². The molecule has 226 valence electrons. The fourth-order valence-electron chi connectivity index (χ4n) is 5.19. The number of carbonyl (C=O) groups is 4. The fraction of sp³-hybridized carbons (Fsp3) is 0.793. The molecule has 1 saturated carbocycles. The van der Waals surface area contributed by atoms with E-state index in [-0.39, 0.29) is 35.9 Å². The smallest absolute Gasteiger partial charge is 0.408 e. The van der Waals surface area contributed by atoms with E-state index in [2.05, 4.69) is 44.5 Å². The number of carboxylic acids is 1. The summed E-state index contributed by atoms with van der Waals surface area (Å²) in [7, 11) is -2.23. The zero-order valence-corrected chi connectivity index (χ0v) is 26.5. The van der Waals surface area contributed by atoms with Crippen molar-refractivity contribution in [3.63, 3.8) is 0 Å². The molecule has 0 radical (unpaired) electrons. The molecule has 0 aromatic rings. The summed E-state index contributed by atoms with van der Waals surface area (Å²) in [6.45, 7) is 16.1. The predicted molar refractivity (Wildman–Crippen MR) is 154 cm³/mol. The largest absolute Gasteiger partial charge is 0.479 e. The molecule has 10 nitrogen and oxygen atoms in total. The summed E-state index contributed by atoms with van der Waals surface area (Å²) in [5.74, 6) is -2.24. The lowest BCUT2D eigenvalue weighted by Gasteiger charge is -2.38. The molecule has 3 rings (SSSR count). The van der Waals surface area contributed by atoms with Crippen LogP contribution in [0.5, 0.6) is 0 Å². The van der Waals surface area contributed by atoms with Crippen molar-refractivity contribution < 1.29 is 33.4 Å². The van der Waals surface area contributed by atoms with E-state index in [1.165, 1.54) is 4.90 Å². The van der Waals surface area contributed by atoms with Crippen molar-refractivity contribution in [3.05, 3.63) is 12.2 Å². The zero-order valence-electron chi connectivity index (χ0n) is 25.5. The van der Waals surface area contributed by atoms with E-state index < -0.39 is 49.5 Å². The Bertz CT molecular complexity index is 1020. The van der Waals surface area contributed by atoms with Crippen molar-refractivity contribution in [1.82, 2.24) is 15.5 Å². The minimum Gasteiger partial charge on any atom is -0.479 e. The number of nitrogens with zero attached hydrogens (tertiary/aromatic N) is 1. The number of nitrogens with one attached hydrogen (secondary N) is 2. The van der Waals surface area contributed by atoms with Crippen LogP contribution in [0.1, 0.15) is 86.5 Å². The first kappa shape index (κ1) is 32.1. The number of hydrogen-bond donors (Lipinski definition) is 3. The maximum atomic E-state index is 14.0. The molecular formula is C29H49N3O7Si. The van der Waals surface area contributed by atoms with Gasteiger partial charge in [0, 0.05) is 18.9 Å². The Kier molecular flexibility index (Phi) is 9.50. The Balaban J connectivity index is 1.93. The highest BCUT2D eigenvalue weighted by Gasteiger charge is 2.61. The lowest BCUT2D eigenvalue weighted by atomic mass is 10.0. The first-order valence-corrected chi connectivity index (χ1v) is 17.5. The molecule has 2 fully saturated rings. The average molecular weight is 580 g/mol. The highest BCUT2D eigenvalue weighted by Crippen LogP contribution is 2.45. The number of allylic oxidation sites excluding steroid dienone is 1. The predicted octanol–water partition coefficient (Wildman–Crippen LogP) is 4.35. The number of aliphatic carboxylic acids is 1. The molecule has 5 atom stereocenters. The number of carbonyl (C=O) groups excluding carboxylic acids is 3. The molecule has 40 heavy (non-hydrogen) atoms. The first-order chi connectivity index (χ1) is 18.4. The molecular weight excluding hydrogens is 530 g/mol. The van der Waals surface area contributed by atoms with Gasteiger partial charge in [-0.15, -0.1) is 0 Å². The summed E-state index contributed by atoms with van der Waals surface area (Å²) in [5, 5.41) is 15.5. The van der Waals surface area contributed by atoms with Crippen LogP contribution >= 0.6 is 0 Å². The van der Waals surface area contributed by atoms with Gasteiger partial charge in [-0.05, 0) is 64.6 Å². The van der Waals surface area contributed by atoms with E-state index in [1.54, 1.807) is 20.8 Å². The van der Waals surface area contributed by atoms with Crippen LogP contribution < -0.4 is 10.6 Å². The van der Waals surface area contributed by atoms with Crippen LogP contribution in [0, 0.1) is 5.92 Å². The van der Waals surface area contributed by atoms with Crippen LogP contribution in [0.3, 0.4) is 0 Å². The lowest BCUT2D eigenvalue weighted by Crippen LogP contribution is -2.56. The number of carboxylic acid groups (broad SMARTS) is 1. The minimum absolute atomic E-state index is 0.0717. The number of amides is 3. The highest BCUT2D eigenvalue weighted by molar-refractivity contribution is 6.74. The normalized spacial score (nSPS) is 30.4. The topological polar surface area (TPSA) is 134 Å². The van der Waals surface area contributed by atoms with Gasteiger partial charge < -0.3 is 29.8 Å². The zero-order chi connectivity index (χ0) is 30.1. The Labute approximate surface area is 239 Å². The molecule has 3 amide bonds. The van der Waals surface area contributed by atoms with Gasteiger partial charge in [0.15, 0.2) is 8.32 Å². The van der Waals surface area contributed by atoms with Gasteiger partial charge in [0.05, 0.1) is 6.10 Å². The van der Waals surface area contributed by atoms with Crippen LogP contribution in [0.15, 0.2) is 12.2 Å². The van der Waals surface area contributed by atoms with Crippen molar-refractivity contribution in [2.45, 2.75) is 134 Å². The highest BCUT2D eigenvalue weighted by atomic mass is 28.4. The molecule has 0 spiro atoms. The van der Waals surface area contributed by atoms with E-state index in [4.69, 9.17) is 9.16 Å². The molecule has 3 N–H and O–H groups in total. The van der Waals surface area contributed by atoms with Gasteiger partial charge >= 0.3 is 12.1 Å². The summed E-state index contributed by atoms with van der Waals surface area (Å²) >= 11 is 0. The van der Waals surface area contributed by atoms with Crippen molar-refractivity contribution in [1.29, 1.82) is 0 Å². The van der Waals surface area contributed by atoms with Crippen LogP contribution in [0.2, 0.25) is 18.1 Å². The standard InChI is InChI=1S/C29H49N3O7Si/c1-27(2,3)38-26(37)30-21-15-13-11-9-10-12-14-19-17-29(19,25(35)36)31-23(33)22-16-20(18-32(22)24(21)34)39-40(7,8)28(4,5)6/h12,14,19-22H,9-11,13,15-18H2,1-8H3,(H,30,37)(H,31,33)(H,35,36)/t19-,20-,21+,22+,29-/m1/s1. The van der Waals surface area contributed by atoms with Gasteiger partial charge in [0.2, 0.25) is 11.8 Å². The third-order valence-electron chi connectivity index (χ3n) is 8.58. The quantitative estimate of drug-likeness (QED) is 0.333. The molecule has 0 aromatic heterocycles. The maximum absolute atomic E-state index is 14.0. The van der Waals surface area contributed by atoms with E-state index >= 15 is 0 Å². The molecule has 2 aliphatic heterocycles. The third-order valence-corrected chi connectivity index (χ3v) is 13.1. The molecule has 0 bridgehead atoms. The Morgan fingerprint density at radius 3 is 2.40 bits per heavy atom. The summed E-state index contributed by atoms with van der Waals surface area (Å²) in [6, 6.07) is -1.78. The second-order valence-electron chi connectivity index (χ2n) is 14.1. The Hall–Kier alpha value is -2.40. The van der Waals surface area contributed by atoms with E-state index in [1.807, 2.05) is 12.2 Å². The van der Waals surface area contributed by atoms with Crippen molar-refractivity contribution >= 4 is 32.2 Å². The van der Waals surface area contributed by atoms with E-state index in [0.29, 0.717) is 19.3 Å². The molecule has 1 aliphatic carbocycles. The average Bonchev–Trinajstić information content (AvgIpc) is 3.33. The summed E-state index contributed by atoms with van der Waals surface area (Å²) < 4.78 is 12.1. The van der Waals surface area contributed by atoms with Gasteiger partial charge in [-0.1, -0.05) is 45.8 Å². The minimum atomic E-state index is -2.23. The van der Waals surface area contributed by atoms with Gasteiger partial charge in [-0.2, -0.15) is 0 Å². The van der Waals surface area contributed by atoms with Crippen LogP contribution in [-0.4, -0.2) is 78.1 Å². The van der Waals surface area contributed by atoms with Gasteiger partial charge in [-0.3, -0.25) is 9.59 Å². The molecule has 3 aliphatic rings. The molecule has 1 saturated heterocycles. The molecule has 2 heterocycles. The fourth-order valence-corrected chi connectivity index (χ4v) is 6.55. The Morgan fingerprint density at radius 1 is 1.12 bits per heavy atom. The number of rotatable bonds is 4. The third kappa shape index (κ3) is 7.66. The summed E-state index contributed by atoms with van der Waals surface area (Å²) in [5.41, 5.74) is -2.10. The molecule has 11 heteroatoms. The second kappa shape index (κ2) is 11.8. The summed E-state index contributed by atoms with van der Waals surface area (Å²) in [6.07, 6.45) is 6.99. The van der Waals surface area contributed by atoms with E-state index in [9.17, 15) is 24.3 Å². The van der Waals surface area contributed by atoms with Crippen LogP contribution in [-0.2, 0) is 23.5 Å². The summed E-state index contributed by atoms with van der Waals surface area (Å²) in [4.78, 5) is 54.2. The first-order valence-electron chi connectivity index (χ1n) is 14.6. The lowest BCUT2D eigenvalue weighted by molar-refractivity contribution is -0.145. The number of alkyl carbamates (subject to hydrolysis) is 1. The van der Waals surface area contributed by atoms with Gasteiger partial charge in [0.1, 0.15) is 23.2 Å². The monoisotopic (exact) mass is 579 g/mol. The number of fused-ring (bicyclic) bond motifs is 2. The molecule has 0 aromatic carbocycles. The van der Waals surface area contributed by atoms with Gasteiger partial charge in [-0.25, -0.2) is 9.59 Å².